The molecule has 1 aliphatic heterocycles. The molecule has 2 atom stereocenters. The number of nitriles is 1. The van der Waals surface area contributed by atoms with Gasteiger partial charge in [-0.1, -0.05) is 18.2 Å². The number of pyridine rings is 1. The number of benzene rings is 2. The molecular weight excluding hydrogens is 470 g/mol. The summed E-state index contributed by atoms with van der Waals surface area (Å²) in [6, 6.07) is 17.7. The molecule has 4 N–H and O–H groups in total. The summed E-state index contributed by atoms with van der Waals surface area (Å²) in [5.74, 6) is 0.231. The third-order valence-corrected chi connectivity index (χ3v) is 6.49. The van der Waals surface area contributed by atoms with Crippen LogP contribution in [0.3, 0.4) is 0 Å². The van der Waals surface area contributed by atoms with Crippen LogP contribution < -0.4 is 15.5 Å². The van der Waals surface area contributed by atoms with Gasteiger partial charge in [-0.25, -0.2) is 4.98 Å². The van der Waals surface area contributed by atoms with Gasteiger partial charge in [-0.15, -0.1) is 0 Å². The number of nitrogens with one attached hydrogen (secondary N) is 2. The molecule has 2 aromatic carbocycles. The quantitative estimate of drug-likeness (QED) is 0.392. The fraction of sp³-hybridized carbons (Fsp3) is 0.286. The van der Waals surface area contributed by atoms with Crippen LogP contribution in [-0.2, 0) is 4.79 Å². The van der Waals surface area contributed by atoms with Gasteiger partial charge < -0.3 is 25.7 Å². The highest BCUT2D eigenvalue weighted by molar-refractivity contribution is 5.95. The summed E-state index contributed by atoms with van der Waals surface area (Å²) in [5, 5.41) is 33.5. The highest BCUT2D eigenvalue weighted by Crippen LogP contribution is 2.41. The van der Waals surface area contributed by atoms with Crippen molar-refractivity contribution in [2.24, 2.45) is 0 Å². The molecule has 2 heterocycles. The molecule has 0 bridgehead atoms. The minimum absolute atomic E-state index is 0.0220. The third kappa shape index (κ3) is 5.61. The van der Waals surface area contributed by atoms with Crippen molar-refractivity contribution in [3.05, 3.63) is 77.5 Å². The first kappa shape index (κ1) is 25.8. The Morgan fingerprint density at radius 1 is 1.11 bits per heavy atom. The lowest BCUT2D eigenvalue weighted by atomic mass is 9.89. The number of aromatic nitrogens is 1. The Bertz CT molecular complexity index is 1310. The van der Waals surface area contributed by atoms with Gasteiger partial charge >= 0.3 is 0 Å². The summed E-state index contributed by atoms with van der Waals surface area (Å²) in [7, 11) is 0. The molecule has 0 aliphatic carbocycles. The number of anilines is 2. The van der Waals surface area contributed by atoms with Gasteiger partial charge in [0, 0.05) is 30.4 Å². The molecule has 0 fully saturated rings. The lowest BCUT2D eigenvalue weighted by molar-refractivity contribution is -0.117. The smallest absolute Gasteiger partial charge is 0.251 e. The second-order valence-corrected chi connectivity index (χ2v) is 9.10. The fourth-order valence-corrected chi connectivity index (χ4v) is 4.62. The lowest BCUT2D eigenvalue weighted by Crippen LogP contribution is -2.43. The van der Waals surface area contributed by atoms with E-state index in [1.807, 2.05) is 37.3 Å². The zero-order valence-electron chi connectivity index (χ0n) is 20.7. The highest BCUT2D eigenvalue weighted by atomic mass is 16.3. The Hall–Kier alpha value is -4.26. The summed E-state index contributed by atoms with van der Waals surface area (Å²) in [6.07, 6.45) is 2.20. The van der Waals surface area contributed by atoms with Crippen LogP contribution in [0.25, 0.3) is 11.1 Å². The molecule has 2 amide bonds. The van der Waals surface area contributed by atoms with E-state index < -0.39 is 6.04 Å². The van der Waals surface area contributed by atoms with Gasteiger partial charge in [-0.2, -0.15) is 5.26 Å². The van der Waals surface area contributed by atoms with Gasteiger partial charge in [-0.05, 0) is 66.4 Å². The highest BCUT2D eigenvalue weighted by Gasteiger charge is 2.32. The predicted octanol–water partition coefficient (Wildman–Crippen LogP) is 3.00. The second kappa shape index (κ2) is 11.2. The SMILES string of the molecule is CC(=O)N1c2ccc(-c3ccc(C(=O)NC(CO)CO)cc3)cc2C(Nc2ccc(C#N)cn2)CC1C. The number of amides is 2. The molecule has 1 aliphatic rings. The molecule has 0 saturated heterocycles. The van der Waals surface area contributed by atoms with E-state index in [2.05, 4.69) is 21.7 Å². The van der Waals surface area contributed by atoms with E-state index in [0.29, 0.717) is 23.4 Å². The zero-order valence-corrected chi connectivity index (χ0v) is 20.7. The normalized spacial score (nSPS) is 16.6. The predicted molar refractivity (Wildman–Crippen MR) is 140 cm³/mol. The molecule has 0 radical (unpaired) electrons. The number of hydrogen-bond acceptors (Lipinski definition) is 7. The van der Waals surface area contributed by atoms with Crippen LogP contribution in [0.15, 0.2) is 60.8 Å². The van der Waals surface area contributed by atoms with Crippen LogP contribution in [0.5, 0.6) is 0 Å². The Morgan fingerprint density at radius 3 is 2.41 bits per heavy atom. The van der Waals surface area contributed by atoms with Crippen molar-refractivity contribution in [1.82, 2.24) is 10.3 Å². The monoisotopic (exact) mass is 499 g/mol. The molecule has 0 saturated carbocycles. The van der Waals surface area contributed by atoms with Crippen molar-refractivity contribution in [3.63, 3.8) is 0 Å². The van der Waals surface area contributed by atoms with Gasteiger partial charge in [0.25, 0.3) is 5.91 Å². The molecular formula is C28H29N5O4. The van der Waals surface area contributed by atoms with Gasteiger partial charge in [0.1, 0.15) is 11.9 Å². The summed E-state index contributed by atoms with van der Waals surface area (Å²) in [6.45, 7) is 2.88. The van der Waals surface area contributed by atoms with E-state index in [4.69, 9.17) is 5.26 Å². The van der Waals surface area contributed by atoms with Crippen LogP contribution in [-0.4, -0.2) is 52.3 Å². The van der Waals surface area contributed by atoms with Gasteiger partial charge in [0.2, 0.25) is 5.91 Å². The van der Waals surface area contributed by atoms with E-state index in [0.717, 1.165) is 22.4 Å². The number of rotatable bonds is 7. The van der Waals surface area contributed by atoms with Crippen molar-refractivity contribution < 1.29 is 19.8 Å². The minimum atomic E-state index is -0.713. The van der Waals surface area contributed by atoms with Crippen LogP contribution in [0.1, 0.15) is 47.8 Å². The topological polar surface area (TPSA) is 139 Å². The van der Waals surface area contributed by atoms with E-state index in [-0.39, 0.29) is 37.1 Å². The number of aliphatic hydroxyl groups excluding tert-OH is 2. The van der Waals surface area contributed by atoms with Crippen LogP contribution in [0, 0.1) is 11.3 Å². The van der Waals surface area contributed by atoms with Crippen molar-refractivity contribution >= 4 is 23.3 Å². The number of aliphatic hydroxyl groups is 2. The molecule has 4 rings (SSSR count). The third-order valence-electron chi connectivity index (χ3n) is 6.49. The zero-order chi connectivity index (χ0) is 26.5. The molecule has 9 heteroatoms. The molecule has 3 aromatic rings. The standard InChI is InChI=1S/C28H29N5O4/c1-17-11-25(32-27-10-3-19(13-29)14-30-27)24-12-22(8-9-26(24)33(17)18(2)36)20-4-6-21(7-5-20)28(37)31-23(15-34)16-35/h3-10,12,14,17,23,25,34-35H,11,15-16H2,1-2H3,(H,30,32)(H,31,37). The molecule has 9 nitrogen and oxygen atoms in total. The van der Waals surface area contributed by atoms with E-state index in [1.165, 1.54) is 6.20 Å². The van der Waals surface area contributed by atoms with Crippen LogP contribution in [0.4, 0.5) is 11.5 Å². The van der Waals surface area contributed by atoms with Crippen LogP contribution >= 0.6 is 0 Å². The van der Waals surface area contributed by atoms with Gasteiger partial charge in [0.15, 0.2) is 0 Å². The average Bonchev–Trinajstić information content (AvgIpc) is 2.91. The number of carbonyl (C=O) groups is 2. The maximum Gasteiger partial charge on any atom is 0.251 e. The maximum atomic E-state index is 12.5. The summed E-state index contributed by atoms with van der Waals surface area (Å²) in [4.78, 5) is 31.0. The average molecular weight is 500 g/mol. The molecule has 2 unspecified atom stereocenters. The number of hydrogen-bond donors (Lipinski definition) is 4. The summed E-state index contributed by atoms with van der Waals surface area (Å²) < 4.78 is 0. The second-order valence-electron chi connectivity index (χ2n) is 9.10. The lowest BCUT2D eigenvalue weighted by Gasteiger charge is -2.39. The van der Waals surface area contributed by atoms with E-state index in [9.17, 15) is 19.8 Å². The number of nitrogens with zero attached hydrogens (tertiary/aromatic N) is 3. The fourth-order valence-electron chi connectivity index (χ4n) is 4.62. The van der Waals surface area contributed by atoms with Crippen molar-refractivity contribution in [2.75, 3.05) is 23.4 Å². The van der Waals surface area contributed by atoms with E-state index >= 15 is 0 Å². The first-order chi connectivity index (χ1) is 17.8. The molecule has 190 valence electrons. The summed E-state index contributed by atoms with van der Waals surface area (Å²) >= 11 is 0. The summed E-state index contributed by atoms with van der Waals surface area (Å²) in [5.41, 5.74) is 4.49. The van der Waals surface area contributed by atoms with Gasteiger partial charge in [0.05, 0.1) is 30.9 Å². The first-order valence-electron chi connectivity index (χ1n) is 12.0. The molecule has 0 spiro atoms. The molecule has 1 aromatic heterocycles. The Balaban J connectivity index is 1.65. The molecule has 37 heavy (non-hydrogen) atoms. The number of carbonyl (C=O) groups excluding carboxylic acids is 2. The first-order valence-corrected chi connectivity index (χ1v) is 12.0. The van der Waals surface area contributed by atoms with Crippen molar-refractivity contribution in [3.8, 4) is 17.2 Å². The Labute approximate surface area is 215 Å². The maximum absolute atomic E-state index is 12.5. The Morgan fingerprint density at radius 2 is 1.81 bits per heavy atom. The Kier molecular flexibility index (Phi) is 7.82. The van der Waals surface area contributed by atoms with E-state index in [1.54, 1.807) is 36.1 Å². The largest absolute Gasteiger partial charge is 0.394 e. The van der Waals surface area contributed by atoms with Crippen molar-refractivity contribution in [1.29, 1.82) is 5.26 Å². The minimum Gasteiger partial charge on any atom is -0.394 e. The van der Waals surface area contributed by atoms with Gasteiger partial charge in [-0.3, -0.25) is 9.59 Å². The number of fused-ring (bicyclic) bond motifs is 1. The van der Waals surface area contributed by atoms with Crippen molar-refractivity contribution in [2.45, 2.75) is 38.4 Å². The van der Waals surface area contributed by atoms with Crippen LogP contribution in [0.2, 0.25) is 0 Å².